The van der Waals surface area contributed by atoms with Gasteiger partial charge in [0.1, 0.15) is 97.7 Å². The molecule has 30 atom stereocenters. The molecule has 0 spiro atoms. The van der Waals surface area contributed by atoms with Gasteiger partial charge in [-0.25, -0.2) is 0 Å². The Morgan fingerprint density at radius 3 is 1.65 bits per heavy atom. The normalized spacial score (nSPS) is 52.7. The molecular weight excluding hydrogens is 1020 g/mol. The summed E-state index contributed by atoms with van der Waals surface area (Å²) in [6.45, 7) is 14.6. The van der Waals surface area contributed by atoms with Crippen LogP contribution in [0.15, 0.2) is 11.6 Å². The summed E-state index contributed by atoms with van der Waals surface area (Å²) in [7, 11) is 0. The Hall–Kier alpha value is -1.18. The number of rotatable bonds is 16. The lowest BCUT2D eigenvalue weighted by Gasteiger charge is -2.71. The van der Waals surface area contributed by atoms with Crippen LogP contribution >= 0.6 is 0 Å². The van der Waals surface area contributed by atoms with Gasteiger partial charge >= 0.3 is 0 Å². The molecule has 0 unspecified atom stereocenters. The topological polar surface area (TPSA) is 377 Å². The lowest BCUT2D eigenvalue weighted by Crippen LogP contribution is -2.68. The van der Waals surface area contributed by atoms with Crippen molar-refractivity contribution in [3.05, 3.63) is 11.6 Å². The zero-order valence-electron chi connectivity index (χ0n) is 45.8. The maximum atomic E-state index is 12.8. The van der Waals surface area contributed by atoms with Crippen LogP contribution in [-0.4, -0.2) is 244 Å². The van der Waals surface area contributed by atoms with Crippen LogP contribution in [0.3, 0.4) is 0 Å². The van der Waals surface area contributed by atoms with Crippen molar-refractivity contribution in [2.45, 2.75) is 254 Å². The summed E-state index contributed by atoms with van der Waals surface area (Å²) < 4.78 is 48.4. The maximum absolute atomic E-state index is 12.8. The molecule has 0 aromatic carbocycles. The lowest BCUT2D eigenvalue weighted by molar-refractivity contribution is -0.369. The van der Waals surface area contributed by atoms with E-state index in [-0.39, 0.29) is 34.5 Å². The highest BCUT2D eigenvalue weighted by Gasteiger charge is 2.72. The molecular formula is C54H92O23. The van der Waals surface area contributed by atoms with Crippen LogP contribution in [-0.2, 0) is 37.9 Å². The molecule has 23 nitrogen and oxygen atoms in total. The Morgan fingerprint density at radius 2 is 1.05 bits per heavy atom. The van der Waals surface area contributed by atoms with E-state index in [4.69, 9.17) is 37.9 Å². The molecule has 8 rings (SSSR count). The maximum Gasteiger partial charge on any atom is 0.187 e. The minimum absolute atomic E-state index is 0.0591. The van der Waals surface area contributed by atoms with Gasteiger partial charge < -0.3 is 114 Å². The monoisotopic (exact) mass is 1110 g/mol. The van der Waals surface area contributed by atoms with Gasteiger partial charge in [0, 0.05) is 0 Å². The quantitative estimate of drug-likeness (QED) is 0.0576. The summed E-state index contributed by atoms with van der Waals surface area (Å²) in [5.41, 5.74) is -1.47. The molecule has 4 aliphatic heterocycles. The zero-order chi connectivity index (χ0) is 56.6. The smallest absolute Gasteiger partial charge is 0.187 e. The van der Waals surface area contributed by atoms with Crippen molar-refractivity contribution in [3.8, 4) is 0 Å². The molecule has 4 saturated carbocycles. The molecule has 0 radical (unpaired) electrons. The summed E-state index contributed by atoms with van der Waals surface area (Å²) in [6, 6.07) is 0. The van der Waals surface area contributed by atoms with Gasteiger partial charge in [-0.2, -0.15) is 0 Å². The predicted molar refractivity (Wildman–Crippen MR) is 266 cm³/mol. The third-order valence-corrected chi connectivity index (χ3v) is 20.9. The summed E-state index contributed by atoms with van der Waals surface area (Å²) in [5.74, 6) is -0.397. The molecule has 0 bridgehead atoms. The minimum Gasteiger partial charge on any atom is -0.394 e. The molecule has 4 aliphatic carbocycles. The second-order valence-corrected chi connectivity index (χ2v) is 25.7. The first kappa shape index (κ1) is 61.9. The van der Waals surface area contributed by atoms with Crippen molar-refractivity contribution in [2.75, 3.05) is 26.4 Å². The Labute approximate surface area is 450 Å². The summed E-state index contributed by atoms with van der Waals surface area (Å²) >= 11 is 0. The summed E-state index contributed by atoms with van der Waals surface area (Å²) in [4.78, 5) is 0. The SMILES string of the molecule is CC(C)=CCC[C@](C)(O[C@@H]1O[C@H](CO[C@@H]2O[C@H](CO)[C@@H](O)[C@H](O)[C@H]2O)[C@@H](O)[C@H](O)[C@H]1O)[C@H]1CC[C@]2(C)[C@@H]1[C@H](O)C[C@@H]1[C@@]3(C)CC[C@H](O[C@@H]4O[C@H](CO)[C@@H](O[C@@H]5O[C@H](CO)[C@@H](O)[C@H](O)[C@H]5O)[C@H](O)[C@H]4O)C(C)(C)[C@@H]3CC[C@]12C. The van der Waals surface area contributed by atoms with Crippen LogP contribution < -0.4 is 0 Å². The second-order valence-electron chi connectivity index (χ2n) is 25.7. The van der Waals surface area contributed by atoms with Crippen molar-refractivity contribution in [1.29, 1.82) is 0 Å². The van der Waals surface area contributed by atoms with E-state index in [9.17, 15) is 76.6 Å². The molecule has 23 heteroatoms. The number of fused-ring (bicyclic) bond motifs is 5. The van der Waals surface area contributed by atoms with E-state index in [1.54, 1.807) is 0 Å². The van der Waals surface area contributed by atoms with Crippen molar-refractivity contribution >= 4 is 0 Å². The fraction of sp³-hybridized carbons (Fsp3) is 0.963. The van der Waals surface area contributed by atoms with Gasteiger partial charge in [-0.1, -0.05) is 46.3 Å². The molecule has 0 aromatic heterocycles. The van der Waals surface area contributed by atoms with Crippen LogP contribution in [0.4, 0.5) is 0 Å². The first-order chi connectivity index (χ1) is 36.0. The number of aliphatic hydroxyl groups excluding tert-OH is 15. The highest BCUT2D eigenvalue weighted by molar-refractivity contribution is 5.20. The van der Waals surface area contributed by atoms with Crippen molar-refractivity contribution in [3.63, 3.8) is 0 Å². The van der Waals surface area contributed by atoms with Gasteiger partial charge in [-0.3, -0.25) is 0 Å². The standard InChI is InChI=1S/C54H92O23/c1-23(2)10-9-14-54(8,77-49-43(68)39(64)36(61)29(74-49)22-70-46-41(66)37(62)34(59)26(19-55)71-46)24-11-16-53(7)33(24)25(58)18-31-51(5)15-13-32(50(3,4)30(51)12-17-52(31,53)6)75-47-44(69)40(65)45(28(21-57)73-47)76-48-42(67)38(63)35(60)27(20-56)72-48/h10,24-49,55-69H,9,11-22H2,1-8H3/t24-,25+,26+,27+,28+,29+,30-,31+,32-,33-,34+,35+,36+,37-,38-,39-,40+,41+,42+,43+,44+,45+,46+,47-,48-,49-,51-,52+,53+,54-/m0/s1. The van der Waals surface area contributed by atoms with Crippen LogP contribution in [0.2, 0.25) is 0 Å². The lowest BCUT2D eigenvalue weighted by atomic mass is 9.35. The van der Waals surface area contributed by atoms with Gasteiger partial charge in [-0.05, 0) is 124 Å². The number of hydrogen-bond acceptors (Lipinski definition) is 23. The van der Waals surface area contributed by atoms with Crippen molar-refractivity contribution < 1.29 is 114 Å². The van der Waals surface area contributed by atoms with Crippen molar-refractivity contribution in [2.24, 2.45) is 45.3 Å². The number of aliphatic hydroxyl groups is 15. The van der Waals surface area contributed by atoms with E-state index in [0.717, 1.165) is 24.8 Å². The van der Waals surface area contributed by atoms with Gasteiger partial charge in [0.05, 0.1) is 44.2 Å². The number of ether oxygens (including phenoxy) is 8. The fourth-order valence-electron chi connectivity index (χ4n) is 16.3. The molecule has 15 N–H and O–H groups in total. The molecule has 77 heavy (non-hydrogen) atoms. The highest BCUT2D eigenvalue weighted by atomic mass is 16.8. The largest absolute Gasteiger partial charge is 0.394 e. The van der Waals surface area contributed by atoms with Crippen LogP contribution in [0, 0.1) is 45.3 Å². The van der Waals surface area contributed by atoms with E-state index in [0.29, 0.717) is 38.5 Å². The molecule has 4 heterocycles. The van der Waals surface area contributed by atoms with Gasteiger partial charge in [0.25, 0.3) is 0 Å². The molecule has 8 aliphatic rings. The molecule has 0 amide bonds. The Bertz CT molecular complexity index is 1990. The second kappa shape index (κ2) is 23.5. The first-order valence-corrected chi connectivity index (χ1v) is 27.9. The van der Waals surface area contributed by atoms with Gasteiger partial charge in [0.15, 0.2) is 25.2 Å². The Kier molecular flexibility index (Phi) is 18.9. The van der Waals surface area contributed by atoms with E-state index in [1.165, 1.54) is 0 Å². The van der Waals surface area contributed by atoms with Crippen LogP contribution in [0.5, 0.6) is 0 Å². The van der Waals surface area contributed by atoms with E-state index in [1.807, 2.05) is 20.8 Å². The van der Waals surface area contributed by atoms with E-state index >= 15 is 0 Å². The minimum atomic E-state index is -1.80. The van der Waals surface area contributed by atoms with E-state index < -0.39 is 178 Å². The van der Waals surface area contributed by atoms with Crippen molar-refractivity contribution in [1.82, 2.24) is 0 Å². The number of allylic oxidation sites excluding steroid dienone is 2. The first-order valence-electron chi connectivity index (χ1n) is 27.9. The van der Waals surface area contributed by atoms with Gasteiger partial charge in [-0.15, -0.1) is 0 Å². The van der Waals surface area contributed by atoms with Crippen LogP contribution in [0.1, 0.15) is 113 Å². The Morgan fingerprint density at radius 1 is 0.545 bits per heavy atom. The average molecular weight is 1110 g/mol. The summed E-state index contributed by atoms with van der Waals surface area (Å²) in [5, 5.41) is 162. The number of hydrogen-bond donors (Lipinski definition) is 15. The molecule has 446 valence electrons. The Balaban J connectivity index is 0.975. The predicted octanol–water partition coefficient (Wildman–Crippen LogP) is -2.20. The zero-order valence-corrected chi connectivity index (χ0v) is 45.8. The molecule has 4 saturated heterocycles. The van der Waals surface area contributed by atoms with Gasteiger partial charge in [0.2, 0.25) is 0 Å². The van der Waals surface area contributed by atoms with Crippen LogP contribution in [0.25, 0.3) is 0 Å². The highest BCUT2D eigenvalue weighted by Crippen LogP contribution is 2.76. The average Bonchev–Trinajstić information content (AvgIpc) is 4.00. The molecule has 0 aromatic rings. The fourth-order valence-corrected chi connectivity index (χ4v) is 16.3. The molecule has 8 fully saturated rings. The summed E-state index contributed by atoms with van der Waals surface area (Å²) in [6.07, 6.45) is -24.8. The third-order valence-electron chi connectivity index (χ3n) is 20.9. The third kappa shape index (κ3) is 10.9. The van der Waals surface area contributed by atoms with E-state index in [2.05, 4.69) is 40.7 Å².